The van der Waals surface area contributed by atoms with Crippen LogP contribution >= 0.6 is 0 Å². The summed E-state index contributed by atoms with van der Waals surface area (Å²) in [7, 11) is 0. The highest BCUT2D eigenvalue weighted by Crippen LogP contribution is 2.15. The van der Waals surface area contributed by atoms with E-state index in [2.05, 4.69) is 29.0 Å². The lowest BCUT2D eigenvalue weighted by Gasteiger charge is -2.29. The first kappa shape index (κ1) is 12.6. The average Bonchev–Trinajstić information content (AvgIpc) is 2.43. The fourth-order valence-electron chi connectivity index (χ4n) is 2.36. The van der Waals surface area contributed by atoms with Crippen LogP contribution in [-0.4, -0.2) is 35.1 Å². The van der Waals surface area contributed by atoms with Crippen LogP contribution in [-0.2, 0) is 6.54 Å². The van der Waals surface area contributed by atoms with Crippen LogP contribution in [0.15, 0.2) is 4.42 Å². The Bertz CT molecular complexity index is 365. The molecule has 0 saturated carbocycles. The molecule has 1 aromatic rings. The maximum atomic E-state index is 5.65. The molecule has 1 N–H and O–H groups in total. The average molecular weight is 237 g/mol. The summed E-state index contributed by atoms with van der Waals surface area (Å²) in [5.74, 6) is 1.78. The summed E-state index contributed by atoms with van der Waals surface area (Å²) in [4.78, 5) is 6.88. The highest BCUT2D eigenvalue weighted by Gasteiger charge is 2.24. The lowest BCUT2D eigenvalue weighted by atomic mass is 10.1. The number of aromatic nitrogens is 1. The van der Waals surface area contributed by atoms with Crippen molar-refractivity contribution in [2.45, 2.75) is 46.2 Å². The topological polar surface area (TPSA) is 41.3 Å². The molecule has 2 rings (SSSR count). The van der Waals surface area contributed by atoms with Crippen molar-refractivity contribution in [3.63, 3.8) is 0 Å². The van der Waals surface area contributed by atoms with Gasteiger partial charge in [-0.3, -0.25) is 4.90 Å². The van der Waals surface area contributed by atoms with Crippen LogP contribution in [0.5, 0.6) is 0 Å². The molecule has 17 heavy (non-hydrogen) atoms. The number of hydrogen-bond donors (Lipinski definition) is 1. The van der Waals surface area contributed by atoms with Crippen molar-refractivity contribution in [1.29, 1.82) is 0 Å². The van der Waals surface area contributed by atoms with Gasteiger partial charge in [-0.15, -0.1) is 0 Å². The van der Waals surface area contributed by atoms with Gasteiger partial charge in [-0.1, -0.05) is 0 Å². The van der Waals surface area contributed by atoms with Crippen molar-refractivity contribution in [1.82, 2.24) is 15.2 Å². The minimum absolute atomic E-state index is 0.174. The zero-order valence-electron chi connectivity index (χ0n) is 11.3. The molecule has 4 nitrogen and oxygen atoms in total. The summed E-state index contributed by atoms with van der Waals surface area (Å²) in [6, 6.07) is 0. The largest absolute Gasteiger partial charge is 0.444 e. The Hall–Kier alpha value is -0.870. The van der Waals surface area contributed by atoms with E-state index in [1.54, 1.807) is 0 Å². The Morgan fingerprint density at radius 3 is 2.82 bits per heavy atom. The summed E-state index contributed by atoms with van der Waals surface area (Å²) < 4.78 is 5.65. The highest BCUT2D eigenvalue weighted by atomic mass is 16.4. The van der Waals surface area contributed by atoms with E-state index in [-0.39, 0.29) is 5.54 Å². The monoisotopic (exact) mass is 237 g/mol. The SMILES string of the molecule is Cc1nc(CN2CCCNC(C)(C)C2)oc1C. The van der Waals surface area contributed by atoms with Crippen molar-refractivity contribution < 1.29 is 4.42 Å². The molecule has 1 aliphatic rings. The molecule has 96 valence electrons. The van der Waals surface area contributed by atoms with E-state index in [1.165, 1.54) is 6.42 Å². The number of aryl methyl sites for hydroxylation is 2. The van der Waals surface area contributed by atoms with Crippen molar-refractivity contribution >= 4 is 0 Å². The zero-order chi connectivity index (χ0) is 12.5. The minimum Gasteiger partial charge on any atom is -0.444 e. The van der Waals surface area contributed by atoms with Crippen molar-refractivity contribution in [2.75, 3.05) is 19.6 Å². The van der Waals surface area contributed by atoms with Gasteiger partial charge >= 0.3 is 0 Å². The molecular weight excluding hydrogens is 214 g/mol. The van der Waals surface area contributed by atoms with Gasteiger partial charge in [0.1, 0.15) is 5.76 Å². The maximum absolute atomic E-state index is 5.65. The number of oxazole rings is 1. The molecule has 0 radical (unpaired) electrons. The Balaban J connectivity index is 2.02. The fraction of sp³-hybridized carbons (Fsp3) is 0.769. The third kappa shape index (κ3) is 3.30. The molecule has 0 atom stereocenters. The zero-order valence-corrected chi connectivity index (χ0v) is 11.3. The van der Waals surface area contributed by atoms with Crippen molar-refractivity contribution in [3.8, 4) is 0 Å². The molecule has 0 spiro atoms. The summed E-state index contributed by atoms with van der Waals surface area (Å²) in [5, 5.41) is 3.56. The van der Waals surface area contributed by atoms with E-state index in [0.717, 1.165) is 43.5 Å². The standard InChI is InChI=1S/C13H23N3O/c1-10-11(2)17-12(15-10)8-16-7-5-6-14-13(3,4)9-16/h14H,5-9H2,1-4H3. The molecule has 1 fully saturated rings. The lowest BCUT2D eigenvalue weighted by Crippen LogP contribution is -2.46. The lowest BCUT2D eigenvalue weighted by molar-refractivity contribution is 0.204. The van der Waals surface area contributed by atoms with Crippen molar-refractivity contribution in [2.24, 2.45) is 0 Å². The normalized spacial score (nSPS) is 21.4. The van der Waals surface area contributed by atoms with Gasteiger partial charge in [0.05, 0.1) is 12.2 Å². The van der Waals surface area contributed by atoms with Gasteiger partial charge in [0.2, 0.25) is 5.89 Å². The molecule has 0 unspecified atom stereocenters. The molecule has 0 bridgehead atoms. The van der Waals surface area contributed by atoms with Gasteiger partial charge in [-0.2, -0.15) is 0 Å². The summed E-state index contributed by atoms with van der Waals surface area (Å²) >= 11 is 0. The summed E-state index contributed by atoms with van der Waals surface area (Å²) in [6.07, 6.45) is 1.18. The predicted molar refractivity (Wildman–Crippen MR) is 68.0 cm³/mol. The van der Waals surface area contributed by atoms with Crippen molar-refractivity contribution in [3.05, 3.63) is 17.3 Å². The Kier molecular flexibility index (Phi) is 3.54. The van der Waals surface area contributed by atoms with Crippen LogP contribution in [0.2, 0.25) is 0 Å². The molecule has 0 aliphatic carbocycles. The Labute approximate surface area is 103 Å². The second-order valence-corrected chi connectivity index (χ2v) is 5.62. The molecule has 0 aromatic carbocycles. The highest BCUT2D eigenvalue weighted by molar-refractivity contribution is 5.05. The second-order valence-electron chi connectivity index (χ2n) is 5.62. The number of nitrogens with zero attached hydrogens (tertiary/aromatic N) is 2. The van der Waals surface area contributed by atoms with Crippen LogP contribution in [0.1, 0.15) is 37.6 Å². The molecular formula is C13H23N3O. The first-order valence-electron chi connectivity index (χ1n) is 6.36. The van der Waals surface area contributed by atoms with Gasteiger partial charge in [0.25, 0.3) is 0 Å². The predicted octanol–water partition coefficient (Wildman–Crippen LogP) is 1.87. The van der Waals surface area contributed by atoms with Crippen LogP contribution in [0.4, 0.5) is 0 Å². The van der Waals surface area contributed by atoms with E-state index in [4.69, 9.17) is 4.42 Å². The van der Waals surface area contributed by atoms with Gasteiger partial charge in [0.15, 0.2) is 0 Å². The first-order valence-corrected chi connectivity index (χ1v) is 6.36. The molecule has 0 amide bonds. The Morgan fingerprint density at radius 2 is 2.18 bits per heavy atom. The van der Waals surface area contributed by atoms with Crippen LogP contribution in [0.25, 0.3) is 0 Å². The van der Waals surface area contributed by atoms with Crippen LogP contribution in [0.3, 0.4) is 0 Å². The third-order valence-electron chi connectivity index (χ3n) is 3.31. The van der Waals surface area contributed by atoms with Gasteiger partial charge in [-0.25, -0.2) is 4.98 Å². The minimum atomic E-state index is 0.174. The first-order chi connectivity index (χ1) is 7.96. The quantitative estimate of drug-likeness (QED) is 0.852. The van der Waals surface area contributed by atoms with E-state index in [0.29, 0.717) is 0 Å². The number of nitrogens with one attached hydrogen (secondary N) is 1. The number of rotatable bonds is 2. The van der Waals surface area contributed by atoms with Gasteiger partial charge in [-0.05, 0) is 47.2 Å². The van der Waals surface area contributed by atoms with Crippen LogP contribution < -0.4 is 5.32 Å². The summed E-state index contributed by atoms with van der Waals surface area (Å²) in [6.45, 7) is 12.5. The second kappa shape index (κ2) is 4.78. The molecule has 1 aliphatic heterocycles. The van der Waals surface area contributed by atoms with Crippen LogP contribution in [0, 0.1) is 13.8 Å². The van der Waals surface area contributed by atoms with E-state index < -0.39 is 0 Å². The smallest absolute Gasteiger partial charge is 0.208 e. The van der Waals surface area contributed by atoms with Gasteiger partial charge in [0, 0.05) is 12.1 Å². The molecule has 4 heteroatoms. The fourth-order valence-corrected chi connectivity index (χ4v) is 2.36. The molecule has 1 saturated heterocycles. The summed E-state index contributed by atoms with van der Waals surface area (Å²) in [5.41, 5.74) is 1.18. The van der Waals surface area contributed by atoms with E-state index >= 15 is 0 Å². The van der Waals surface area contributed by atoms with Gasteiger partial charge < -0.3 is 9.73 Å². The van der Waals surface area contributed by atoms with E-state index in [1.807, 2.05) is 13.8 Å². The third-order valence-corrected chi connectivity index (χ3v) is 3.31. The van der Waals surface area contributed by atoms with E-state index in [9.17, 15) is 0 Å². The number of hydrogen-bond acceptors (Lipinski definition) is 4. The Morgan fingerprint density at radius 1 is 1.41 bits per heavy atom. The maximum Gasteiger partial charge on any atom is 0.208 e. The molecule has 1 aromatic heterocycles. The molecule has 2 heterocycles.